The van der Waals surface area contributed by atoms with Gasteiger partial charge in [0.25, 0.3) is 0 Å². The van der Waals surface area contributed by atoms with Crippen LogP contribution in [0.3, 0.4) is 0 Å². The lowest BCUT2D eigenvalue weighted by Gasteiger charge is -2.21. The fraction of sp³-hybridized carbons (Fsp3) is 0.375. The van der Waals surface area contributed by atoms with Gasteiger partial charge in [0.1, 0.15) is 23.2 Å². The topological polar surface area (TPSA) is 43.4 Å². The molecule has 98 valence electrons. The number of benzene rings is 1. The second kappa shape index (κ2) is 5.71. The average molecular weight is 256 g/mol. The molecule has 1 aliphatic carbocycles. The van der Waals surface area contributed by atoms with Gasteiger partial charge in [0, 0.05) is 24.0 Å². The molecule has 1 aromatic rings. The monoisotopic (exact) mass is 256 g/mol. The maximum absolute atomic E-state index is 12.0. The van der Waals surface area contributed by atoms with Gasteiger partial charge in [-0.25, -0.2) is 0 Å². The van der Waals surface area contributed by atoms with Crippen LogP contribution < -0.4 is 4.74 Å². The van der Waals surface area contributed by atoms with Gasteiger partial charge in [0.2, 0.25) is 0 Å². The number of hydrogen-bond donors (Lipinski definition) is 0. The molecule has 19 heavy (non-hydrogen) atoms. The molecule has 0 amide bonds. The summed E-state index contributed by atoms with van der Waals surface area (Å²) in [7, 11) is 1.54. The lowest BCUT2D eigenvalue weighted by molar-refractivity contribution is -0.131. The van der Waals surface area contributed by atoms with Crippen LogP contribution in [0.1, 0.15) is 43.2 Å². The zero-order valence-corrected chi connectivity index (χ0v) is 11.2. The third-order valence-electron chi connectivity index (χ3n) is 3.30. The molecule has 1 fully saturated rings. The molecule has 0 N–H and O–H groups in total. The van der Waals surface area contributed by atoms with Crippen LogP contribution in [-0.2, 0) is 9.59 Å². The Morgan fingerprint density at radius 2 is 1.89 bits per heavy atom. The molecule has 0 atom stereocenters. The molecule has 3 heteroatoms. The summed E-state index contributed by atoms with van der Waals surface area (Å²) < 4.78 is 5.31. The SMILES string of the molecule is CC#Cc1ccc(C2C(=O)CCCC2=O)c(OC)c1. The minimum absolute atomic E-state index is 0.0103. The fourth-order valence-electron chi connectivity index (χ4n) is 2.42. The quantitative estimate of drug-likeness (QED) is 0.603. The van der Waals surface area contributed by atoms with Crippen LogP contribution in [0.4, 0.5) is 0 Å². The molecule has 0 aliphatic heterocycles. The van der Waals surface area contributed by atoms with Gasteiger partial charge in [-0.05, 0) is 25.5 Å². The molecule has 0 unspecified atom stereocenters. The summed E-state index contributed by atoms with van der Waals surface area (Å²) >= 11 is 0. The Bertz CT molecular complexity index is 559. The number of ketones is 2. The first-order valence-electron chi connectivity index (χ1n) is 6.33. The fourth-order valence-corrected chi connectivity index (χ4v) is 2.42. The number of hydrogen-bond acceptors (Lipinski definition) is 3. The van der Waals surface area contributed by atoms with E-state index in [9.17, 15) is 9.59 Å². The maximum Gasteiger partial charge on any atom is 0.147 e. The molecule has 0 aromatic heterocycles. The molecule has 1 saturated carbocycles. The lowest BCUT2D eigenvalue weighted by Crippen LogP contribution is -2.26. The minimum atomic E-state index is -0.660. The lowest BCUT2D eigenvalue weighted by atomic mass is 9.81. The van der Waals surface area contributed by atoms with Crippen LogP contribution in [-0.4, -0.2) is 18.7 Å². The summed E-state index contributed by atoms with van der Waals surface area (Å²) in [6.45, 7) is 1.76. The zero-order chi connectivity index (χ0) is 13.8. The molecule has 2 rings (SSSR count). The highest BCUT2D eigenvalue weighted by Crippen LogP contribution is 2.33. The van der Waals surface area contributed by atoms with E-state index in [2.05, 4.69) is 11.8 Å². The number of Topliss-reactive ketones (excluding diaryl/α,β-unsaturated/α-hetero) is 2. The Kier molecular flexibility index (Phi) is 4.01. The van der Waals surface area contributed by atoms with Crippen LogP contribution in [0.5, 0.6) is 5.75 Å². The molecule has 0 bridgehead atoms. The van der Waals surface area contributed by atoms with E-state index in [0.29, 0.717) is 30.6 Å². The van der Waals surface area contributed by atoms with Crippen LogP contribution >= 0.6 is 0 Å². The van der Waals surface area contributed by atoms with Crippen LogP contribution in [0.2, 0.25) is 0 Å². The van der Waals surface area contributed by atoms with E-state index in [4.69, 9.17) is 4.74 Å². The van der Waals surface area contributed by atoms with Gasteiger partial charge in [-0.2, -0.15) is 0 Å². The van der Waals surface area contributed by atoms with Gasteiger partial charge in [0.05, 0.1) is 7.11 Å². The van der Waals surface area contributed by atoms with Gasteiger partial charge in [-0.15, -0.1) is 5.92 Å². The zero-order valence-electron chi connectivity index (χ0n) is 11.2. The Balaban J connectivity index is 2.45. The van der Waals surface area contributed by atoms with Crippen molar-refractivity contribution in [3.05, 3.63) is 29.3 Å². The molecular formula is C16H16O3. The Labute approximate surface area is 113 Å². The van der Waals surface area contributed by atoms with Crippen LogP contribution in [0.25, 0.3) is 0 Å². The molecular weight excluding hydrogens is 240 g/mol. The third kappa shape index (κ3) is 2.68. The van der Waals surface area contributed by atoms with Crippen molar-refractivity contribution >= 4 is 11.6 Å². The number of methoxy groups -OCH3 is 1. The highest BCUT2D eigenvalue weighted by atomic mass is 16.5. The van der Waals surface area contributed by atoms with E-state index in [-0.39, 0.29) is 11.6 Å². The summed E-state index contributed by atoms with van der Waals surface area (Å²) in [6.07, 6.45) is 1.60. The van der Waals surface area contributed by atoms with Crippen molar-refractivity contribution in [2.75, 3.05) is 7.11 Å². The number of rotatable bonds is 2. The van der Waals surface area contributed by atoms with Crippen molar-refractivity contribution in [1.82, 2.24) is 0 Å². The van der Waals surface area contributed by atoms with E-state index in [1.165, 1.54) is 0 Å². The molecule has 0 radical (unpaired) electrons. The molecule has 1 aromatic carbocycles. The number of carbonyl (C=O) groups excluding carboxylic acids is 2. The van der Waals surface area contributed by atoms with E-state index >= 15 is 0 Å². The first-order valence-corrected chi connectivity index (χ1v) is 6.33. The first kappa shape index (κ1) is 13.4. The highest BCUT2D eigenvalue weighted by molar-refractivity contribution is 6.09. The number of ether oxygens (including phenoxy) is 1. The van der Waals surface area contributed by atoms with Gasteiger partial charge < -0.3 is 4.74 Å². The third-order valence-corrected chi connectivity index (χ3v) is 3.30. The van der Waals surface area contributed by atoms with Crippen molar-refractivity contribution < 1.29 is 14.3 Å². The molecule has 0 spiro atoms. The summed E-state index contributed by atoms with van der Waals surface area (Å²) in [6, 6.07) is 5.38. The second-order valence-electron chi connectivity index (χ2n) is 4.55. The van der Waals surface area contributed by atoms with Crippen LogP contribution in [0.15, 0.2) is 18.2 Å². The standard InChI is InChI=1S/C16H16O3/c1-3-5-11-8-9-12(15(10-11)19-2)16-13(17)6-4-7-14(16)18/h8-10,16H,4,6-7H2,1-2H3. The van der Waals surface area contributed by atoms with Crippen molar-refractivity contribution in [1.29, 1.82) is 0 Å². The second-order valence-corrected chi connectivity index (χ2v) is 4.55. The van der Waals surface area contributed by atoms with E-state index in [0.717, 1.165) is 5.56 Å². The maximum atomic E-state index is 12.0. The predicted molar refractivity (Wildman–Crippen MR) is 72.2 cm³/mol. The summed E-state index contributed by atoms with van der Waals surface area (Å²) in [5, 5.41) is 0. The normalized spacial score (nSPS) is 15.9. The van der Waals surface area contributed by atoms with Gasteiger partial charge in [-0.1, -0.05) is 12.0 Å². The summed E-state index contributed by atoms with van der Waals surface area (Å²) in [4.78, 5) is 24.0. The van der Waals surface area contributed by atoms with E-state index in [1.807, 2.05) is 6.07 Å². The Morgan fingerprint density at radius 1 is 1.21 bits per heavy atom. The summed E-state index contributed by atoms with van der Waals surface area (Å²) in [5.74, 6) is 5.63. The van der Waals surface area contributed by atoms with Gasteiger partial charge >= 0.3 is 0 Å². The van der Waals surface area contributed by atoms with E-state index in [1.54, 1.807) is 26.2 Å². The first-order chi connectivity index (χ1) is 9.17. The minimum Gasteiger partial charge on any atom is -0.496 e. The molecule has 1 aliphatic rings. The van der Waals surface area contributed by atoms with Crippen molar-refractivity contribution in [2.45, 2.75) is 32.1 Å². The van der Waals surface area contributed by atoms with Crippen molar-refractivity contribution in [2.24, 2.45) is 0 Å². The summed E-state index contributed by atoms with van der Waals surface area (Å²) in [5.41, 5.74) is 1.48. The largest absolute Gasteiger partial charge is 0.496 e. The van der Waals surface area contributed by atoms with Crippen molar-refractivity contribution in [3.63, 3.8) is 0 Å². The highest BCUT2D eigenvalue weighted by Gasteiger charge is 2.33. The predicted octanol–water partition coefficient (Wildman–Crippen LogP) is 2.47. The van der Waals surface area contributed by atoms with E-state index < -0.39 is 5.92 Å². The average Bonchev–Trinajstić information content (AvgIpc) is 2.40. The van der Waals surface area contributed by atoms with Gasteiger partial charge in [0.15, 0.2) is 0 Å². The molecule has 3 nitrogen and oxygen atoms in total. The molecule has 0 saturated heterocycles. The smallest absolute Gasteiger partial charge is 0.147 e. The number of carbonyl (C=O) groups is 2. The Morgan fingerprint density at radius 3 is 2.47 bits per heavy atom. The van der Waals surface area contributed by atoms with Crippen molar-refractivity contribution in [3.8, 4) is 17.6 Å². The molecule has 0 heterocycles. The Hall–Kier alpha value is -2.08. The van der Waals surface area contributed by atoms with Crippen LogP contribution in [0, 0.1) is 11.8 Å². The van der Waals surface area contributed by atoms with Gasteiger partial charge in [-0.3, -0.25) is 9.59 Å².